The van der Waals surface area contributed by atoms with E-state index in [1.807, 2.05) is 6.07 Å². The van der Waals surface area contributed by atoms with Crippen LogP contribution in [0.25, 0.3) is 0 Å². The van der Waals surface area contributed by atoms with Gasteiger partial charge in [-0.05, 0) is 73.8 Å². The van der Waals surface area contributed by atoms with Crippen molar-refractivity contribution in [2.75, 3.05) is 5.32 Å². The van der Waals surface area contributed by atoms with Crippen molar-refractivity contribution in [1.82, 2.24) is 0 Å². The van der Waals surface area contributed by atoms with E-state index in [0.29, 0.717) is 5.56 Å². The largest absolute Gasteiger partial charge is 0.356 e. The lowest BCUT2D eigenvalue weighted by Gasteiger charge is -2.22. The number of fused-ring (bicyclic) bond motifs is 2. The molecule has 2 aromatic rings. The first-order chi connectivity index (χ1) is 11.6. The fraction of sp³-hybridized carbons (Fsp3) is 0.400. The first-order valence-corrected chi connectivity index (χ1v) is 8.72. The number of nitro groups is 1. The van der Waals surface area contributed by atoms with E-state index in [0.717, 1.165) is 29.1 Å². The van der Waals surface area contributed by atoms with Crippen molar-refractivity contribution in [3.8, 4) is 0 Å². The highest BCUT2D eigenvalue weighted by atomic mass is 16.6. The number of aryl methyl sites for hydroxylation is 1. The van der Waals surface area contributed by atoms with Crippen LogP contribution in [0, 0.1) is 28.9 Å². The smallest absolute Gasteiger partial charge is 0.272 e. The number of nitrogens with zero attached hydrogens (tertiary/aromatic N) is 1. The number of hydrogen-bond acceptors (Lipinski definition) is 3. The molecule has 2 aliphatic carbocycles. The molecule has 0 heterocycles. The molecule has 3 atom stereocenters. The molecule has 2 bridgehead atoms. The minimum Gasteiger partial charge on any atom is -0.356 e. The number of benzene rings is 2. The number of hydrogen-bond donors (Lipinski definition) is 1. The molecule has 124 valence electrons. The Balaban J connectivity index is 1.47. The monoisotopic (exact) mass is 322 g/mol. The van der Waals surface area contributed by atoms with E-state index < -0.39 is 0 Å². The number of nitrogens with one attached hydrogen (secondary N) is 1. The lowest BCUT2D eigenvalue weighted by molar-refractivity contribution is -0.385. The van der Waals surface area contributed by atoms with Gasteiger partial charge >= 0.3 is 0 Å². The predicted octanol–water partition coefficient (Wildman–Crippen LogP) is 5.55. The average molecular weight is 322 g/mol. The quantitative estimate of drug-likeness (QED) is 0.593. The van der Waals surface area contributed by atoms with Gasteiger partial charge in [-0.2, -0.15) is 0 Å². The molecule has 0 amide bonds. The number of nitro benzene ring substituents is 1. The maximum absolute atomic E-state index is 10.9. The van der Waals surface area contributed by atoms with Crippen LogP contribution in [0.1, 0.15) is 42.7 Å². The molecule has 0 saturated heterocycles. The second-order valence-electron chi connectivity index (χ2n) is 7.29. The van der Waals surface area contributed by atoms with E-state index in [1.165, 1.54) is 31.2 Å². The van der Waals surface area contributed by atoms with Crippen LogP contribution < -0.4 is 5.32 Å². The molecule has 0 radical (unpaired) electrons. The second-order valence-corrected chi connectivity index (χ2v) is 7.29. The molecule has 3 unspecified atom stereocenters. The minimum atomic E-state index is -0.344. The highest BCUT2D eigenvalue weighted by Gasteiger charge is 2.39. The van der Waals surface area contributed by atoms with Crippen molar-refractivity contribution in [3.63, 3.8) is 0 Å². The summed E-state index contributed by atoms with van der Waals surface area (Å²) in [5, 5.41) is 14.2. The summed E-state index contributed by atoms with van der Waals surface area (Å²) < 4.78 is 0. The fourth-order valence-corrected chi connectivity index (χ4v) is 4.57. The molecule has 2 aromatic carbocycles. The molecule has 0 aromatic heterocycles. The van der Waals surface area contributed by atoms with Crippen molar-refractivity contribution in [2.24, 2.45) is 11.8 Å². The van der Waals surface area contributed by atoms with Crippen LogP contribution in [0.5, 0.6) is 0 Å². The summed E-state index contributed by atoms with van der Waals surface area (Å²) in [6.45, 7) is 1.77. The summed E-state index contributed by atoms with van der Waals surface area (Å²) >= 11 is 0. The molecular formula is C20H22N2O2. The van der Waals surface area contributed by atoms with Gasteiger partial charge in [0.15, 0.2) is 0 Å². The van der Waals surface area contributed by atoms with E-state index in [9.17, 15) is 10.1 Å². The zero-order valence-electron chi connectivity index (χ0n) is 13.9. The molecule has 1 N–H and O–H groups in total. The van der Waals surface area contributed by atoms with Crippen LogP contribution in [0.2, 0.25) is 0 Å². The Morgan fingerprint density at radius 3 is 2.38 bits per heavy atom. The Morgan fingerprint density at radius 2 is 1.79 bits per heavy atom. The first-order valence-electron chi connectivity index (χ1n) is 8.72. The van der Waals surface area contributed by atoms with E-state index in [-0.39, 0.29) is 10.6 Å². The molecule has 4 rings (SSSR count). The summed E-state index contributed by atoms with van der Waals surface area (Å²) in [7, 11) is 0. The highest BCUT2D eigenvalue weighted by molar-refractivity contribution is 5.63. The van der Waals surface area contributed by atoms with Crippen LogP contribution in [0.4, 0.5) is 17.1 Å². The Labute approximate surface area is 142 Å². The topological polar surface area (TPSA) is 55.2 Å². The first kappa shape index (κ1) is 15.2. The predicted molar refractivity (Wildman–Crippen MR) is 95.7 cm³/mol. The van der Waals surface area contributed by atoms with Crippen molar-refractivity contribution in [3.05, 3.63) is 63.7 Å². The Hall–Kier alpha value is -2.36. The molecule has 4 nitrogen and oxygen atoms in total. The summed E-state index contributed by atoms with van der Waals surface area (Å²) in [6.07, 6.45) is 5.61. The average Bonchev–Trinajstić information content (AvgIpc) is 3.18. The van der Waals surface area contributed by atoms with E-state index in [2.05, 4.69) is 29.6 Å². The van der Waals surface area contributed by atoms with Crippen LogP contribution in [-0.4, -0.2) is 4.92 Å². The van der Waals surface area contributed by atoms with Gasteiger partial charge in [0.05, 0.1) is 4.92 Å². The Bertz CT molecular complexity index is 770. The van der Waals surface area contributed by atoms with Gasteiger partial charge in [0.1, 0.15) is 0 Å². The van der Waals surface area contributed by atoms with Crippen LogP contribution in [0.3, 0.4) is 0 Å². The number of rotatable bonds is 4. The Morgan fingerprint density at radius 1 is 1.04 bits per heavy atom. The SMILES string of the molecule is Cc1cc(Nc2ccc(C3CC4CCC3C4)cc2)ccc1[N+](=O)[O-]. The lowest BCUT2D eigenvalue weighted by Crippen LogP contribution is -2.08. The fourth-order valence-electron chi connectivity index (χ4n) is 4.57. The van der Waals surface area contributed by atoms with Gasteiger partial charge in [-0.25, -0.2) is 0 Å². The highest BCUT2D eigenvalue weighted by Crippen LogP contribution is 2.52. The maximum atomic E-state index is 10.9. The molecule has 24 heavy (non-hydrogen) atoms. The third-order valence-electron chi connectivity index (χ3n) is 5.76. The van der Waals surface area contributed by atoms with Crippen molar-refractivity contribution < 1.29 is 4.92 Å². The van der Waals surface area contributed by atoms with Gasteiger partial charge in [-0.3, -0.25) is 10.1 Å². The normalized spacial score (nSPS) is 25.0. The van der Waals surface area contributed by atoms with Gasteiger partial charge < -0.3 is 5.32 Å². The van der Waals surface area contributed by atoms with Crippen LogP contribution in [0.15, 0.2) is 42.5 Å². The van der Waals surface area contributed by atoms with Gasteiger partial charge in [0.25, 0.3) is 5.69 Å². The maximum Gasteiger partial charge on any atom is 0.272 e. The third-order valence-corrected chi connectivity index (χ3v) is 5.76. The van der Waals surface area contributed by atoms with Gasteiger partial charge in [-0.15, -0.1) is 0 Å². The van der Waals surface area contributed by atoms with E-state index in [4.69, 9.17) is 0 Å². The standard InChI is InChI=1S/C20H22N2O2/c1-13-10-18(8-9-20(13)22(23)24)21-17-6-4-15(5-7-17)19-12-14-2-3-16(19)11-14/h4-10,14,16,19,21H,2-3,11-12H2,1H3. The molecular weight excluding hydrogens is 300 g/mol. The van der Waals surface area contributed by atoms with E-state index in [1.54, 1.807) is 19.1 Å². The van der Waals surface area contributed by atoms with Gasteiger partial charge in [-0.1, -0.05) is 18.6 Å². The molecule has 2 saturated carbocycles. The van der Waals surface area contributed by atoms with Crippen molar-refractivity contribution in [2.45, 2.75) is 38.5 Å². The minimum absolute atomic E-state index is 0.159. The molecule has 0 aliphatic heterocycles. The third kappa shape index (κ3) is 2.77. The van der Waals surface area contributed by atoms with Gasteiger partial charge in [0, 0.05) is 23.0 Å². The van der Waals surface area contributed by atoms with E-state index >= 15 is 0 Å². The zero-order valence-corrected chi connectivity index (χ0v) is 13.9. The number of anilines is 2. The lowest BCUT2D eigenvalue weighted by atomic mass is 9.83. The summed E-state index contributed by atoms with van der Waals surface area (Å²) in [5.74, 6) is 2.60. The molecule has 2 fully saturated rings. The van der Waals surface area contributed by atoms with Gasteiger partial charge in [0.2, 0.25) is 0 Å². The van der Waals surface area contributed by atoms with Crippen molar-refractivity contribution >= 4 is 17.1 Å². The summed E-state index contributed by atoms with van der Waals surface area (Å²) in [6, 6.07) is 13.9. The molecule has 4 heteroatoms. The zero-order chi connectivity index (χ0) is 16.7. The summed E-state index contributed by atoms with van der Waals surface area (Å²) in [5.41, 5.74) is 4.20. The van der Waals surface area contributed by atoms with Crippen molar-refractivity contribution in [1.29, 1.82) is 0 Å². The van der Waals surface area contributed by atoms with Crippen LogP contribution >= 0.6 is 0 Å². The molecule has 0 spiro atoms. The summed E-state index contributed by atoms with van der Waals surface area (Å²) in [4.78, 5) is 10.6. The van der Waals surface area contributed by atoms with Crippen LogP contribution in [-0.2, 0) is 0 Å². The molecule has 2 aliphatic rings. The Kier molecular flexibility index (Phi) is 3.75. The second kappa shape index (κ2) is 5.93.